The summed E-state index contributed by atoms with van der Waals surface area (Å²) in [6.45, 7) is 1.92. The number of H-pyrrole nitrogens is 1. The van der Waals surface area contributed by atoms with E-state index in [-0.39, 0.29) is 23.6 Å². The fraction of sp³-hybridized carbons (Fsp3) is 0.409. The number of pyridine rings is 1. The van der Waals surface area contributed by atoms with Crippen LogP contribution in [-0.4, -0.2) is 35.2 Å². The van der Waals surface area contributed by atoms with Crippen LogP contribution in [0.3, 0.4) is 0 Å². The Labute approximate surface area is 187 Å². The van der Waals surface area contributed by atoms with Gasteiger partial charge in [0.05, 0.1) is 34.5 Å². The van der Waals surface area contributed by atoms with Crippen molar-refractivity contribution in [1.82, 2.24) is 19.1 Å². The van der Waals surface area contributed by atoms with Crippen LogP contribution in [0.1, 0.15) is 50.3 Å². The van der Waals surface area contributed by atoms with E-state index in [9.17, 15) is 19.2 Å². The predicted molar refractivity (Wildman–Crippen MR) is 124 cm³/mol. The molecule has 1 fully saturated rings. The minimum Gasteiger partial charge on any atom is -0.338 e. The highest BCUT2D eigenvalue weighted by molar-refractivity contribution is 8.22. The van der Waals surface area contributed by atoms with E-state index in [4.69, 9.17) is 5.10 Å². The lowest BCUT2D eigenvalue weighted by Crippen LogP contribution is -2.23. The first kappa shape index (κ1) is 21.0. The van der Waals surface area contributed by atoms with E-state index in [1.807, 2.05) is 23.7 Å². The van der Waals surface area contributed by atoms with Gasteiger partial charge in [-0.3, -0.25) is 18.6 Å². The Kier molecular flexibility index (Phi) is 5.02. The maximum atomic E-state index is 12.7. The molecule has 3 unspecified atom stereocenters. The van der Waals surface area contributed by atoms with E-state index in [0.29, 0.717) is 27.3 Å². The molecular weight excluding hydrogens is 428 g/mol. The smallest absolute Gasteiger partial charge is 0.261 e. The maximum absolute atomic E-state index is 12.7. The predicted octanol–water partition coefficient (Wildman–Crippen LogP) is 4.75. The van der Waals surface area contributed by atoms with Gasteiger partial charge in [-0.15, -0.1) is 10.8 Å². The summed E-state index contributed by atoms with van der Waals surface area (Å²) in [7, 11) is -1.29. The fourth-order valence-corrected chi connectivity index (χ4v) is 6.57. The lowest BCUT2D eigenvalue weighted by Gasteiger charge is -2.36. The minimum absolute atomic E-state index is 0.0738. The van der Waals surface area contributed by atoms with E-state index >= 15 is 0 Å². The minimum atomic E-state index is -2.98. The van der Waals surface area contributed by atoms with Crippen molar-refractivity contribution in [2.24, 2.45) is 5.92 Å². The average molecular weight is 455 g/mol. The Morgan fingerprint density at radius 3 is 2.84 bits per heavy atom. The summed E-state index contributed by atoms with van der Waals surface area (Å²) in [5.74, 6) is 0.287. The molecule has 32 heavy (non-hydrogen) atoms. The van der Waals surface area contributed by atoms with Crippen molar-refractivity contribution in [3.63, 3.8) is 0 Å². The van der Waals surface area contributed by atoms with Crippen LogP contribution in [0.25, 0.3) is 10.9 Å². The Hall–Kier alpha value is -2.84. The Bertz CT molecular complexity index is 1290. The van der Waals surface area contributed by atoms with Gasteiger partial charge in [-0.2, -0.15) is 14.7 Å². The van der Waals surface area contributed by atoms with Gasteiger partial charge in [0.25, 0.3) is 5.56 Å². The van der Waals surface area contributed by atoms with Crippen LogP contribution < -0.4 is 10.9 Å². The second-order valence-corrected chi connectivity index (χ2v) is 10.6. The molecule has 4 N–H and O–H groups in total. The second kappa shape index (κ2) is 7.64. The summed E-state index contributed by atoms with van der Waals surface area (Å²) in [6, 6.07) is 9.36. The summed E-state index contributed by atoms with van der Waals surface area (Å²) in [5.41, 5.74) is 1.99. The van der Waals surface area contributed by atoms with Crippen molar-refractivity contribution >= 4 is 33.2 Å². The highest BCUT2D eigenvalue weighted by Gasteiger charge is 2.38. The van der Waals surface area contributed by atoms with Crippen LogP contribution in [0.4, 0.5) is 11.5 Å². The molecule has 1 saturated carbocycles. The average Bonchev–Trinajstić information content (AvgIpc) is 3.24. The van der Waals surface area contributed by atoms with Crippen LogP contribution in [-0.2, 0) is 0 Å². The molecule has 3 atom stereocenters. The monoisotopic (exact) mass is 454 g/mol. The van der Waals surface area contributed by atoms with Crippen molar-refractivity contribution in [3.05, 3.63) is 46.4 Å². The summed E-state index contributed by atoms with van der Waals surface area (Å²) >= 11 is 0. The van der Waals surface area contributed by atoms with Crippen LogP contribution in [0.2, 0.25) is 0 Å². The Morgan fingerprint density at radius 1 is 1.28 bits per heavy atom. The van der Waals surface area contributed by atoms with Crippen molar-refractivity contribution in [3.8, 4) is 6.07 Å². The molecule has 5 rings (SSSR count). The molecule has 9 nitrogen and oxygen atoms in total. The maximum Gasteiger partial charge on any atom is 0.261 e. The molecule has 168 valence electrons. The number of aromatic amines is 1. The molecule has 3 aromatic rings. The van der Waals surface area contributed by atoms with E-state index in [1.165, 1.54) is 0 Å². The molecule has 3 heterocycles. The van der Waals surface area contributed by atoms with Gasteiger partial charge in [0.15, 0.2) is 5.82 Å². The summed E-state index contributed by atoms with van der Waals surface area (Å²) < 4.78 is 24.4. The fourth-order valence-electron chi connectivity index (χ4n) is 4.90. The molecule has 10 heteroatoms. The van der Waals surface area contributed by atoms with Crippen molar-refractivity contribution in [2.45, 2.75) is 49.6 Å². The van der Waals surface area contributed by atoms with Crippen molar-refractivity contribution in [1.29, 1.82) is 5.26 Å². The van der Waals surface area contributed by atoms with Crippen LogP contribution in [0.5, 0.6) is 0 Å². The summed E-state index contributed by atoms with van der Waals surface area (Å²) in [4.78, 5) is 16.0. The molecular formula is C22H26N6O3S. The quantitative estimate of drug-likeness (QED) is 0.449. The zero-order valence-corrected chi connectivity index (χ0v) is 18.8. The van der Waals surface area contributed by atoms with Crippen LogP contribution in [0.15, 0.2) is 40.2 Å². The molecule has 0 radical (unpaired) electrons. The number of nitrogens with zero attached hydrogens (tertiary/aromatic N) is 4. The van der Waals surface area contributed by atoms with E-state index in [2.05, 4.69) is 16.4 Å². The number of aromatic nitrogens is 3. The highest BCUT2D eigenvalue weighted by atomic mass is 32.3. The van der Waals surface area contributed by atoms with Gasteiger partial charge in [0, 0.05) is 18.9 Å². The number of anilines is 2. The molecule has 1 aliphatic heterocycles. The van der Waals surface area contributed by atoms with Crippen LogP contribution >= 0.6 is 10.8 Å². The molecule has 0 amide bonds. The SMILES string of the molecule is CC1c2cc(Nc3nn(C4CCCCC4C#N)c4cc[nH]c(=O)c34)ccc2S(O)(O)N1C. The van der Waals surface area contributed by atoms with Gasteiger partial charge in [0.1, 0.15) is 5.39 Å². The molecule has 0 bridgehead atoms. The zero-order chi connectivity index (χ0) is 22.6. The first-order valence-electron chi connectivity index (χ1n) is 10.7. The number of rotatable bonds is 3. The third-order valence-electron chi connectivity index (χ3n) is 6.80. The standard InChI is InChI=1S/C22H26N6O3S/c1-13-16-11-15(7-8-19(16)32(30,31)27(13)2)25-21-20-18(9-10-24-22(20)29)28(26-21)17-6-4-3-5-14(17)12-23/h7-11,13-14,17,30-31H,3-6H2,1-2H3,(H,24,29)(H,25,26). The molecule has 1 aliphatic carbocycles. The second-order valence-electron chi connectivity index (χ2n) is 8.57. The van der Waals surface area contributed by atoms with Gasteiger partial charge in [-0.1, -0.05) is 12.8 Å². The van der Waals surface area contributed by atoms with Crippen LogP contribution in [0, 0.1) is 17.2 Å². The highest BCUT2D eigenvalue weighted by Crippen LogP contribution is 2.62. The molecule has 0 spiro atoms. The summed E-state index contributed by atoms with van der Waals surface area (Å²) in [5, 5.41) is 18.1. The molecule has 0 saturated heterocycles. The number of fused-ring (bicyclic) bond motifs is 2. The summed E-state index contributed by atoms with van der Waals surface area (Å²) in [6.07, 6.45) is 5.34. The number of hydrogen-bond donors (Lipinski definition) is 4. The third-order valence-corrected chi connectivity index (χ3v) is 8.89. The largest absolute Gasteiger partial charge is 0.338 e. The first-order valence-corrected chi connectivity index (χ1v) is 12.2. The lowest BCUT2D eigenvalue weighted by molar-refractivity contribution is 0.277. The Morgan fingerprint density at radius 2 is 2.06 bits per heavy atom. The molecule has 2 aliphatic rings. The van der Waals surface area contributed by atoms with Gasteiger partial charge in [0.2, 0.25) is 0 Å². The van der Waals surface area contributed by atoms with Crippen molar-refractivity contribution in [2.75, 3.05) is 12.4 Å². The molecule has 1 aromatic carbocycles. The zero-order valence-electron chi connectivity index (χ0n) is 17.9. The van der Waals surface area contributed by atoms with E-state index in [1.54, 1.807) is 29.7 Å². The first-order chi connectivity index (χ1) is 15.3. The number of nitriles is 1. The normalized spacial score (nSPS) is 25.9. The van der Waals surface area contributed by atoms with Gasteiger partial charge in [-0.05, 0) is 49.6 Å². The molecule has 2 aromatic heterocycles. The van der Waals surface area contributed by atoms with Gasteiger partial charge in [-0.25, -0.2) is 0 Å². The van der Waals surface area contributed by atoms with Gasteiger partial charge < -0.3 is 10.3 Å². The van der Waals surface area contributed by atoms with Crippen molar-refractivity contribution < 1.29 is 9.11 Å². The number of nitrogens with one attached hydrogen (secondary N) is 2. The van der Waals surface area contributed by atoms with E-state index in [0.717, 1.165) is 31.2 Å². The third kappa shape index (κ3) is 3.12. The van der Waals surface area contributed by atoms with E-state index < -0.39 is 10.8 Å². The lowest BCUT2D eigenvalue weighted by atomic mass is 9.85. The number of benzene rings is 1. The number of hydrogen-bond acceptors (Lipinski definition) is 7. The topological polar surface area (TPSA) is 130 Å². The Balaban J connectivity index is 1.58. The van der Waals surface area contributed by atoms with Gasteiger partial charge >= 0.3 is 0 Å².